The maximum Gasteiger partial charge on any atom is 0.213 e. The lowest BCUT2D eigenvalue weighted by atomic mass is 9.79. The van der Waals surface area contributed by atoms with Gasteiger partial charge in [0.25, 0.3) is 0 Å². The number of ether oxygens (including phenoxy) is 3. The molecule has 0 N–H and O–H groups in total. The summed E-state index contributed by atoms with van der Waals surface area (Å²) in [5.41, 5.74) is 1.22. The number of hydrogen-bond donors (Lipinski definition) is 0. The van der Waals surface area contributed by atoms with Gasteiger partial charge in [-0.05, 0) is 43.0 Å². The number of hydrogen-bond acceptors (Lipinski definition) is 5. The van der Waals surface area contributed by atoms with Crippen molar-refractivity contribution in [1.29, 1.82) is 0 Å². The van der Waals surface area contributed by atoms with E-state index in [1.807, 2.05) is 31.4 Å². The largest absolute Gasteiger partial charge is 0.497 e. The van der Waals surface area contributed by atoms with Crippen molar-refractivity contribution in [2.75, 3.05) is 20.8 Å². The number of likely N-dealkylation sites (tertiary alicyclic amines) is 1. The van der Waals surface area contributed by atoms with Gasteiger partial charge in [-0.15, -0.1) is 0 Å². The van der Waals surface area contributed by atoms with Crippen LogP contribution in [0.2, 0.25) is 0 Å². The van der Waals surface area contributed by atoms with Crippen molar-refractivity contribution in [2.24, 2.45) is 0 Å². The molecule has 5 nitrogen and oxygen atoms in total. The number of fused-ring (bicyclic) bond motifs is 1. The Kier molecular flexibility index (Phi) is 5.32. The van der Waals surface area contributed by atoms with Gasteiger partial charge in [-0.3, -0.25) is 4.90 Å². The molecular weight excluding hydrogens is 340 g/mol. The normalized spacial score (nSPS) is 27.9. The molecule has 27 heavy (non-hydrogen) atoms. The lowest BCUT2D eigenvalue weighted by Crippen LogP contribution is -2.52. The maximum atomic E-state index is 6.17. The first-order valence-electron chi connectivity index (χ1n) is 9.72. The Hall–Kier alpha value is -2.11. The minimum Gasteiger partial charge on any atom is -0.497 e. The number of pyridine rings is 1. The van der Waals surface area contributed by atoms with Gasteiger partial charge in [-0.25, -0.2) is 4.98 Å². The third kappa shape index (κ3) is 3.80. The van der Waals surface area contributed by atoms with Gasteiger partial charge < -0.3 is 14.2 Å². The molecule has 144 valence electrons. The van der Waals surface area contributed by atoms with Crippen LogP contribution in [0.3, 0.4) is 0 Å². The van der Waals surface area contributed by atoms with Gasteiger partial charge in [-0.1, -0.05) is 18.2 Å². The number of nitrogens with zero attached hydrogens (tertiary/aromatic N) is 2. The highest BCUT2D eigenvalue weighted by molar-refractivity contribution is 5.28. The van der Waals surface area contributed by atoms with Crippen molar-refractivity contribution in [3.63, 3.8) is 0 Å². The summed E-state index contributed by atoms with van der Waals surface area (Å²) in [5, 5.41) is 0. The highest BCUT2D eigenvalue weighted by atomic mass is 16.5. The zero-order chi connectivity index (χ0) is 18.7. The van der Waals surface area contributed by atoms with E-state index in [1.54, 1.807) is 13.3 Å². The van der Waals surface area contributed by atoms with Crippen molar-refractivity contribution in [2.45, 2.75) is 50.0 Å². The van der Waals surface area contributed by atoms with Crippen molar-refractivity contribution in [1.82, 2.24) is 9.88 Å². The smallest absolute Gasteiger partial charge is 0.213 e. The molecule has 3 atom stereocenters. The molecule has 1 saturated heterocycles. The topological polar surface area (TPSA) is 43.8 Å². The number of aromatic nitrogens is 1. The zero-order valence-corrected chi connectivity index (χ0v) is 16.1. The summed E-state index contributed by atoms with van der Waals surface area (Å²) in [6, 6.07) is 14.5. The van der Waals surface area contributed by atoms with Crippen LogP contribution in [0.25, 0.3) is 0 Å². The fourth-order valence-corrected chi connectivity index (χ4v) is 4.65. The van der Waals surface area contributed by atoms with E-state index in [0.717, 1.165) is 44.5 Å². The molecule has 0 amide bonds. The first-order valence-corrected chi connectivity index (χ1v) is 9.72. The van der Waals surface area contributed by atoms with Crippen LogP contribution in [-0.4, -0.2) is 48.4 Å². The minimum absolute atomic E-state index is 0.0527. The van der Waals surface area contributed by atoms with Gasteiger partial charge in [0.1, 0.15) is 11.9 Å². The van der Waals surface area contributed by atoms with E-state index in [0.29, 0.717) is 11.9 Å². The van der Waals surface area contributed by atoms with Gasteiger partial charge >= 0.3 is 0 Å². The molecule has 0 unspecified atom stereocenters. The fourth-order valence-electron chi connectivity index (χ4n) is 4.65. The Labute approximate surface area is 161 Å². The summed E-state index contributed by atoms with van der Waals surface area (Å²) >= 11 is 0. The van der Waals surface area contributed by atoms with Crippen LogP contribution in [0.4, 0.5) is 0 Å². The van der Waals surface area contributed by atoms with Crippen LogP contribution in [0.1, 0.15) is 31.2 Å². The van der Waals surface area contributed by atoms with Gasteiger partial charge in [0.2, 0.25) is 5.88 Å². The molecule has 1 aromatic carbocycles. The van der Waals surface area contributed by atoms with Crippen molar-refractivity contribution in [3.8, 4) is 11.6 Å². The average Bonchev–Trinajstić information content (AvgIpc) is 3.07. The Morgan fingerprint density at radius 1 is 1.15 bits per heavy atom. The third-order valence-electron chi connectivity index (χ3n) is 6.10. The SMILES string of the molecule is COc1cccc(CN2CC[C@]3(OC)CC[C@H](Oc4ccccn4)C[C@H]23)c1. The van der Waals surface area contributed by atoms with Crippen LogP contribution >= 0.6 is 0 Å². The molecule has 0 radical (unpaired) electrons. The number of rotatable bonds is 6. The summed E-state index contributed by atoms with van der Waals surface area (Å²) in [6.07, 6.45) is 6.04. The van der Waals surface area contributed by atoms with Crippen molar-refractivity contribution >= 4 is 0 Å². The molecule has 2 heterocycles. The number of benzene rings is 1. The summed E-state index contributed by atoms with van der Waals surface area (Å²) in [4.78, 5) is 6.87. The first-order chi connectivity index (χ1) is 13.2. The van der Waals surface area contributed by atoms with E-state index in [-0.39, 0.29) is 11.7 Å². The van der Waals surface area contributed by atoms with E-state index in [9.17, 15) is 0 Å². The average molecular weight is 368 g/mol. The summed E-state index contributed by atoms with van der Waals surface area (Å²) in [5.74, 6) is 1.62. The monoisotopic (exact) mass is 368 g/mol. The lowest BCUT2D eigenvalue weighted by Gasteiger charge is -2.43. The molecule has 1 aromatic heterocycles. The molecule has 5 heteroatoms. The summed E-state index contributed by atoms with van der Waals surface area (Å²) in [7, 11) is 3.58. The second kappa shape index (κ2) is 7.87. The highest BCUT2D eigenvalue weighted by Crippen LogP contribution is 2.43. The lowest BCUT2D eigenvalue weighted by molar-refractivity contribution is -0.0843. The Balaban J connectivity index is 1.48. The van der Waals surface area contributed by atoms with E-state index >= 15 is 0 Å². The van der Waals surface area contributed by atoms with Crippen molar-refractivity contribution < 1.29 is 14.2 Å². The molecule has 1 aliphatic carbocycles. The van der Waals surface area contributed by atoms with E-state index in [2.05, 4.69) is 28.1 Å². The van der Waals surface area contributed by atoms with E-state index in [4.69, 9.17) is 14.2 Å². The van der Waals surface area contributed by atoms with Gasteiger partial charge in [0.05, 0.1) is 12.7 Å². The molecule has 2 aromatic rings. The van der Waals surface area contributed by atoms with Crippen LogP contribution in [0.5, 0.6) is 11.6 Å². The van der Waals surface area contributed by atoms with Crippen LogP contribution in [0, 0.1) is 0 Å². The van der Waals surface area contributed by atoms with Gasteiger partial charge in [-0.2, -0.15) is 0 Å². The fraction of sp³-hybridized carbons (Fsp3) is 0.500. The van der Waals surface area contributed by atoms with Crippen molar-refractivity contribution in [3.05, 3.63) is 54.2 Å². The molecule has 2 aliphatic rings. The molecule has 1 aliphatic heterocycles. The quantitative estimate of drug-likeness (QED) is 0.778. The standard InChI is InChI=1S/C22H28N2O3/c1-25-18-7-5-6-17(14-18)16-24-13-11-22(26-2)10-9-19(15-20(22)24)27-21-8-3-4-12-23-21/h3-8,12,14,19-20H,9-11,13,15-16H2,1-2H3/t19-,20-,22+/m0/s1. The van der Waals surface area contributed by atoms with E-state index < -0.39 is 0 Å². The van der Waals surface area contributed by atoms with Gasteiger partial charge in [0, 0.05) is 44.9 Å². The molecule has 4 rings (SSSR count). The van der Waals surface area contributed by atoms with Crippen LogP contribution < -0.4 is 9.47 Å². The number of methoxy groups -OCH3 is 2. The van der Waals surface area contributed by atoms with E-state index in [1.165, 1.54) is 5.56 Å². The zero-order valence-electron chi connectivity index (χ0n) is 16.1. The molecule has 2 fully saturated rings. The molecular formula is C22H28N2O3. The minimum atomic E-state index is -0.0527. The second-order valence-electron chi connectivity index (χ2n) is 7.54. The Bertz CT molecular complexity index is 754. The van der Waals surface area contributed by atoms with Crippen LogP contribution in [0.15, 0.2) is 48.7 Å². The highest BCUT2D eigenvalue weighted by Gasteiger charge is 2.51. The van der Waals surface area contributed by atoms with Gasteiger partial charge in [0.15, 0.2) is 0 Å². The molecule has 1 saturated carbocycles. The Morgan fingerprint density at radius 2 is 2.07 bits per heavy atom. The Morgan fingerprint density at radius 3 is 2.85 bits per heavy atom. The predicted molar refractivity (Wildman–Crippen MR) is 104 cm³/mol. The first kappa shape index (κ1) is 18.3. The third-order valence-corrected chi connectivity index (χ3v) is 6.10. The predicted octanol–water partition coefficient (Wildman–Crippen LogP) is 3.68. The molecule has 0 bridgehead atoms. The molecule has 0 spiro atoms. The second-order valence-corrected chi connectivity index (χ2v) is 7.54. The summed E-state index contributed by atoms with van der Waals surface area (Å²) in [6.45, 7) is 1.95. The van der Waals surface area contributed by atoms with Crippen LogP contribution in [-0.2, 0) is 11.3 Å². The summed E-state index contributed by atoms with van der Waals surface area (Å²) < 4.78 is 17.6. The maximum absolute atomic E-state index is 6.17.